The van der Waals surface area contributed by atoms with Gasteiger partial charge in [0.2, 0.25) is 10.0 Å². The number of anilines is 1. The molecular formula is C30H28ClN5O3S. The van der Waals surface area contributed by atoms with Crippen LogP contribution in [0.15, 0.2) is 102 Å². The Morgan fingerprint density at radius 1 is 0.875 bits per heavy atom. The minimum atomic E-state index is -3.63. The first-order chi connectivity index (χ1) is 19.4. The Balaban J connectivity index is 1.32. The summed E-state index contributed by atoms with van der Waals surface area (Å²) >= 11 is 5.93. The predicted molar refractivity (Wildman–Crippen MR) is 159 cm³/mol. The van der Waals surface area contributed by atoms with Crippen LogP contribution in [0.25, 0.3) is 33.9 Å². The molecule has 0 amide bonds. The Kier molecular flexibility index (Phi) is 8.45. The maximum Gasteiger partial charge on any atom is 0.240 e. The monoisotopic (exact) mass is 573 g/mol. The van der Waals surface area contributed by atoms with Crippen LogP contribution in [0.4, 0.5) is 5.82 Å². The first kappa shape index (κ1) is 27.4. The number of hydrogen-bond acceptors (Lipinski definition) is 6. The highest BCUT2D eigenvalue weighted by Crippen LogP contribution is 2.34. The van der Waals surface area contributed by atoms with E-state index < -0.39 is 10.0 Å². The number of nitrogens with one attached hydrogen (secondary N) is 3. The Labute approximate surface area is 238 Å². The zero-order valence-electron chi connectivity index (χ0n) is 21.8. The second-order valence-electron chi connectivity index (χ2n) is 8.97. The molecule has 5 rings (SSSR count). The van der Waals surface area contributed by atoms with Gasteiger partial charge in [0, 0.05) is 41.0 Å². The molecule has 3 N–H and O–H groups in total. The summed E-state index contributed by atoms with van der Waals surface area (Å²) in [5, 5.41) is 3.66. The van der Waals surface area contributed by atoms with Gasteiger partial charge >= 0.3 is 0 Å². The SMILES string of the molecule is COc1cccc(-c2nc(-c3ccccc3)[nH]c2-c2ccnc(NCCCNS(=O)(=O)c3cccc(Cl)c3)c2)c1. The number of aromatic amines is 1. The largest absolute Gasteiger partial charge is 0.497 e. The standard InChI is InChI=1S/C30H28ClN5O3S/c1-39-25-12-5-10-22(18-25)28-29(36-30(35-28)21-8-3-2-4-9-21)23-14-17-33-27(19-23)32-15-7-16-34-40(37,38)26-13-6-11-24(31)20-26/h2-6,8-14,17-20,34H,7,15-16H2,1H3,(H,32,33)(H,35,36). The maximum absolute atomic E-state index is 12.5. The van der Waals surface area contributed by atoms with E-state index in [0.29, 0.717) is 23.8 Å². The lowest BCUT2D eigenvalue weighted by Gasteiger charge is -2.10. The van der Waals surface area contributed by atoms with Crippen LogP contribution >= 0.6 is 11.6 Å². The van der Waals surface area contributed by atoms with E-state index in [9.17, 15) is 8.42 Å². The molecule has 0 aliphatic rings. The van der Waals surface area contributed by atoms with Crippen LogP contribution < -0.4 is 14.8 Å². The number of sulfonamides is 1. The molecule has 0 spiro atoms. The zero-order chi connectivity index (χ0) is 28.0. The van der Waals surface area contributed by atoms with Gasteiger partial charge < -0.3 is 15.0 Å². The molecule has 2 aromatic heterocycles. The number of benzene rings is 3. The third kappa shape index (κ3) is 6.51. The van der Waals surface area contributed by atoms with E-state index in [2.05, 4.69) is 20.0 Å². The van der Waals surface area contributed by atoms with Crippen molar-refractivity contribution in [2.24, 2.45) is 0 Å². The number of imidazole rings is 1. The smallest absolute Gasteiger partial charge is 0.240 e. The molecule has 8 nitrogen and oxygen atoms in total. The van der Waals surface area contributed by atoms with E-state index in [4.69, 9.17) is 21.3 Å². The number of halogens is 1. The highest BCUT2D eigenvalue weighted by Gasteiger charge is 2.17. The van der Waals surface area contributed by atoms with Gasteiger partial charge in [-0.2, -0.15) is 0 Å². The summed E-state index contributed by atoms with van der Waals surface area (Å²) in [6, 6.07) is 27.8. The predicted octanol–water partition coefficient (Wildman–Crippen LogP) is 6.25. The van der Waals surface area contributed by atoms with E-state index in [1.807, 2.05) is 66.7 Å². The van der Waals surface area contributed by atoms with Crippen molar-refractivity contribution < 1.29 is 13.2 Å². The molecule has 204 valence electrons. The first-order valence-corrected chi connectivity index (χ1v) is 14.5. The summed E-state index contributed by atoms with van der Waals surface area (Å²) < 4.78 is 33.0. The Morgan fingerprint density at radius 3 is 2.48 bits per heavy atom. The van der Waals surface area contributed by atoms with E-state index >= 15 is 0 Å². The van der Waals surface area contributed by atoms with Gasteiger partial charge in [0.05, 0.1) is 23.4 Å². The van der Waals surface area contributed by atoms with E-state index in [1.54, 1.807) is 25.4 Å². The van der Waals surface area contributed by atoms with Crippen molar-refractivity contribution in [2.45, 2.75) is 11.3 Å². The molecule has 0 bridgehead atoms. The molecule has 0 atom stereocenters. The molecule has 0 fully saturated rings. The Morgan fingerprint density at radius 2 is 1.68 bits per heavy atom. The van der Waals surface area contributed by atoms with E-state index in [0.717, 1.165) is 39.7 Å². The quantitative estimate of drug-likeness (QED) is 0.161. The van der Waals surface area contributed by atoms with Gasteiger partial charge in [-0.3, -0.25) is 0 Å². The Hall–Kier alpha value is -4.18. The zero-order valence-corrected chi connectivity index (χ0v) is 23.3. The number of aromatic nitrogens is 3. The molecule has 2 heterocycles. The summed E-state index contributed by atoms with van der Waals surface area (Å²) in [5.41, 5.74) is 4.46. The highest BCUT2D eigenvalue weighted by atomic mass is 35.5. The molecular weight excluding hydrogens is 546 g/mol. The fraction of sp³-hybridized carbons (Fsp3) is 0.133. The molecule has 3 aromatic carbocycles. The van der Waals surface area contributed by atoms with Crippen molar-refractivity contribution in [3.8, 4) is 39.7 Å². The summed E-state index contributed by atoms with van der Waals surface area (Å²) in [6.07, 6.45) is 2.29. The number of pyridine rings is 1. The van der Waals surface area contributed by atoms with Gasteiger partial charge in [0.15, 0.2) is 0 Å². The van der Waals surface area contributed by atoms with Crippen LogP contribution in [-0.4, -0.2) is 43.6 Å². The van der Waals surface area contributed by atoms with Crippen LogP contribution in [-0.2, 0) is 10.0 Å². The molecule has 0 radical (unpaired) electrons. The second kappa shape index (κ2) is 12.3. The third-order valence-corrected chi connectivity index (χ3v) is 7.89. The van der Waals surface area contributed by atoms with Crippen molar-refractivity contribution in [3.05, 3.63) is 102 Å². The number of rotatable bonds is 11. The normalized spacial score (nSPS) is 11.3. The van der Waals surface area contributed by atoms with Crippen LogP contribution in [0.1, 0.15) is 6.42 Å². The number of methoxy groups -OCH3 is 1. The summed E-state index contributed by atoms with van der Waals surface area (Å²) in [5.74, 6) is 2.17. The third-order valence-electron chi connectivity index (χ3n) is 6.20. The number of H-pyrrole nitrogens is 1. The molecule has 0 aliphatic heterocycles. The Bertz CT molecular complexity index is 1710. The lowest BCUT2D eigenvalue weighted by Crippen LogP contribution is -2.26. The van der Waals surface area contributed by atoms with Crippen molar-refractivity contribution >= 4 is 27.4 Å². The van der Waals surface area contributed by atoms with Crippen LogP contribution in [0.3, 0.4) is 0 Å². The average Bonchev–Trinajstić information content (AvgIpc) is 3.43. The maximum atomic E-state index is 12.5. The van der Waals surface area contributed by atoms with Crippen molar-refractivity contribution in [2.75, 3.05) is 25.5 Å². The molecule has 40 heavy (non-hydrogen) atoms. The van der Waals surface area contributed by atoms with Crippen molar-refractivity contribution in [3.63, 3.8) is 0 Å². The fourth-order valence-electron chi connectivity index (χ4n) is 4.21. The van der Waals surface area contributed by atoms with E-state index in [-0.39, 0.29) is 11.4 Å². The number of hydrogen-bond donors (Lipinski definition) is 3. The topological polar surface area (TPSA) is 109 Å². The molecule has 0 saturated heterocycles. The minimum Gasteiger partial charge on any atom is -0.497 e. The molecule has 10 heteroatoms. The lowest BCUT2D eigenvalue weighted by molar-refractivity contribution is 0.415. The summed E-state index contributed by atoms with van der Waals surface area (Å²) in [4.78, 5) is 13.0. The summed E-state index contributed by atoms with van der Waals surface area (Å²) in [6.45, 7) is 0.790. The van der Waals surface area contributed by atoms with Gasteiger partial charge in [0.1, 0.15) is 17.4 Å². The molecule has 0 saturated carbocycles. The average molecular weight is 574 g/mol. The van der Waals surface area contributed by atoms with Gasteiger partial charge in [-0.15, -0.1) is 0 Å². The van der Waals surface area contributed by atoms with Crippen molar-refractivity contribution in [1.29, 1.82) is 0 Å². The van der Waals surface area contributed by atoms with Crippen molar-refractivity contribution in [1.82, 2.24) is 19.7 Å². The van der Waals surface area contributed by atoms with Crippen LogP contribution in [0.5, 0.6) is 5.75 Å². The van der Waals surface area contributed by atoms with Crippen LogP contribution in [0, 0.1) is 0 Å². The molecule has 0 unspecified atom stereocenters. The first-order valence-electron chi connectivity index (χ1n) is 12.7. The van der Waals surface area contributed by atoms with E-state index in [1.165, 1.54) is 12.1 Å². The second-order valence-corrected chi connectivity index (χ2v) is 11.2. The summed E-state index contributed by atoms with van der Waals surface area (Å²) in [7, 11) is -1.98. The number of ether oxygens (including phenoxy) is 1. The van der Waals surface area contributed by atoms with Crippen LogP contribution in [0.2, 0.25) is 5.02 Å². The van der Waals surface area contributed by atoms with Gasteiger partial charge in [-0.05, 0) is 48.9 Å². The number of nitrogens with zero attached hydrogens (tertiary/aromatic N) is 2. The van der Waals surface area contributed by atoms with Gasteiger partial charge in [-0.25, -0.2) is 23.1 Å². The molecule has 5 aromatic rings. The lowest BCUT2D eigenvalue weighted by atomic mass is 10.1. The van der Waals surface area contributed by atoms with Gasteiger partial charge in [0.25, 0.3) is 0 Å². The van der Waals surface area contributed by atoms with Gasteiger partial charge in [-0.1, -0.05) is 60.1 Å². The highest BCUT2D eigenvalue weighted by molar-refractivity contribution is 7.89. The molecule has 0 aliphatic carbocycles. The minimum absolute atomic E-state index is 0.142. The fourth-order valence-corrected chi connectivity index (χ4v) is 5.58.